The molecule has 1 N–H and O–H groups in total. The molecule has 0 saturated carbocycles. The maximum Gasteiger partial charge on any atom is 0.271 e. The summed E-state index contributed by atoms with van der Waals surface area (Å²) in [6.45, 7) is 4.82. The van der Waals surface area contributed by atoms with E-state index in [9.17, 15) is 4.79 Å². The van der Waals surface area contributed by atoms with Crippen molar-refractivity contribution in [2.45, 2.75) is 13.0 Å². The Morgan fingerprint density at radius 1 is 1.11 bits per heavy atom. The zero-order chi connectivity index (χ0) is 19.1. The molecule has 5 rings (SSSR count). The van der Waals surface area contributed by atoms with E-state index in [0.29, 0.717) is 23.8 Å². The minimum atomic E-state index is -0.0180. The fourth-order valence-corrected chi connectivity index (χ4v) is 4.41. The van der Waals surface area contributed by atoms with Gasteiger partial charge in [-0.2, -0.15) is 0 Å². The second-order valence-electron chi connectivity index (χ2n) is 7.47. The van der Waals surface area contributed by atoms with Gasteiger partial charge in [0, 0.05) is 50.0 Å². The summed E-state index contributed by atoms with van der Waals surface area (Å²) in [6, 6.07) is 14.2. The van der Waals surface area contributed by atoms with Gasteiger partial charge in [0.2, 0.25) is 0 Å². The van der Waals surface area contributed by atoms with Crippen molar-refractivity contribution in [3.8, 4) is 5.75 Å². The first-order chi connectivity index (χ1) is 13.7. The third-order valence-corrected chi connectivity index (χ3v) is 6.07. The molecule has 0 aliphatic carbocycles. The van der Waals surface area contributed by atoms with E-state index in [1.165, 1.54) is 11.1 Å². The molecule has 1 aromatic heterocycles. The molecule has 0 atom stereocenters. The van der Waals surface area contributed by atoms with Crippen LogP contribution in [0.15, 0.2) is 42.5 Å². The van der Waals surface area contributed by atoms with Gasteiger partial charge in [0.25, 0.3) is 5.91 Å². The van der Waals surface area contributed by atoms with Crippen molar-refractivity contribution in [3.63, 3.8) is 0 Å². The largest absolute Gasteiger partial charge is 0.493 e. The highest BCUT2D eigenvalue weighted by Crippen LogP contribution is 2.29. The van der Waals surface area contributed by atoms with Crippen LogP contribution in [0, 0.1) is 0 Å². The van der Waals surface area contributed by atoms with Gasteiger partial charge in [-0.05, 0) is 23.3 Å². The van der Waals surface area contributed by atoms with E-state index in [1.54, 1.807) is 0 Å². The molecule has 1 fully saturated rings. The number of benzene rings is 2. The van der Waals surface area contributed by atoms with Crippen LogP contribution in [-0.2, 0) is 13.0 Å². The number of carbonyl (C=O) groups excluding carboxylic acids is 1. The zero-order valence-corrected chi connectivity index (χ0v) is 16.3. The van der Waals surface area contributed by atoms with Gasteiger partial charge in [0.1, 0.15) is 11.4 Å². The second-order valence-corrected chi connectivity index (χ2v) is 7.85. The lowest BCUT2D eigenvalue weighted by molar-refractivity contribution is 0.0624. The molecule has 0 unspecified atom stereocenters. The summed E-state index contributed by atoms with van der Waals surface area (Å²) < 4.78 is 5.59. The Morgan fingerprint density at radius 3 is 2.75 bits per heavy atom. The average Bonchev–Trinajstić information content (AvgIpc) is 3.32. The van der Waals surface area contributed by atoms with Gasteiger partial charge in [0.15, 0.2) is 0 Å². The molecule has 2 aromatic carbocycles. The van der Waals surface area contributed by atoms with Gasteiger partial charge < -0.3 is 14.6 Å². The quantitative estimate of drug-likeness (QED) is 0.735. The molecule has 1 saturated heterocycles. The van der Waals surface area contributed by atoms with Crippen molar-refractivity contribution in [2.75, 3.05) is 32.8 Å². The second kappa shape index (κ2) is 7.15. The SMILES string of the molecule is O=C(c1[nH]c2ccccc2c1Cl)N1CCN(Cc2ccc3c(c2)CCO3)CC1. The Hall–Kier alpha value is -2.50. The van der Waals surface area contributed by atoms with E-state index >= 15 is 0 Å². The van der Waals surface area contributed by atoms with Crippen molar-refractivity contribution in [1.82, 2.24) is 14.8 Å². The van der Waals surface area contributed by atoms with Crippen LogP contribution in [0.1, 0.15) is 21.6 Å². The molecule has 144 valence electrons. The van der Waals surface area contributed by atoms with Gasteiger partial charge in [-0.25, -0.2) is 0 Å². The Bertz CT molecular complexity index is 1040. The van der Waals surface area contributed by atoms with Crippen molar-refractivity contribution in [1.29, 1.82) is 0 Å². The smallest absolute Gasteiger partial charge is 0.271 e. The lowest BCUT2D eigenvalue weighted by Crippen LogP contribution is -2.48. The molecule has 6 heteroatoms. The summed E-state index contributed by atoms with van der Waals surface area (Å²) in [7, 11) is 0. The fraction of sp³-hybridized carbons (Fsp3) is 0.318. The number of ether oxygens (including phenoxy) is 1. The highest BCUT2D eigenvalue weighted by molar-refractivity contribution is 6.38. The normalized spacial score (nSPS) is 17.0. The number of amides is 1. The van der Waals surface area contributed by atoms with E-state index in [2.05, 4.69) is 28.1 Å². The van der Waals surface area contributed by atoms with Crippen molar-refractivity contribution in [3.05, 3.63) is 64.3 Å². The number of H-pyrrole nitrogens is 1. The first kappa shape index (κ1) is 17.6. The molecule has 2 aliphatic heterocycles. The van der Waals surface area contributed by atoms with Crippen molar-refractivity contribution >= 4 is 28.4 Å². The number of hydrogen-bond acceptors (Lipinski definition) is 3. The maximum atomic E-state index is 13.0. The van der Waals surface area contributed by atoms with Crippen molar-refractivity contribution < 1.29 is 9.53 Å². The first-order valence-electron chi connectivity index (χ1n) is 9.71. The number of para-hydroxylation sites is 1. The number of fused-ring (bicyclic) bond motifs is 2. The topological polar surface area (TPSA) is 48.6 Å². The zero-order valence-electron chi connectivity index (χ0n) is 15.6. The first-order valence-corrected chi connectivity index (χ1v) is 10.1. The highest BCUT2D eigenvalue weighted by Gasteiger charge is 2.26. The van der Waals surface area contributed by atoms with Gasteiger partial charge >= 0.3 is 0 Å². The molecular weight excluding hydrogens is 374 g/mol. The summed E-state index contributed by atoms with van der Waals surface area (Å²) in [5.41, 5.74) is 4.01. The Labute approximate surface area is 168 Å². The van der Waals surface area contributed by atoms with Crippen molar-refractivity contribution in [2.24, 2.45) is 0 Å². The van der Waals surface area contributed by atoms with Crippen LogP contribution in [0.3, 0.4) is 0 Å². The molecule has 0 bridgehead atoms. The number of piperazine rings is 1. The predicted octanol–water partition coefficient (Wildman–Crippen LogP) is 3.71. The number of nitrogens with one attached hydrogen (secondary N) is 1. The van der Waals surface area contributed by atoms with Crippen LogP contribution in [0.5, 0.6) is 5.75 Å². The molecule has 2 aliphatic rings. The number of aromatic amines is 1. The lowest BCUT2D eigenvalue weighted by atomic mass is 10.1. The summed E-state index contributed by atoms with van der Waals surface area (Å²) in [5.74, 6) is 1.00. The third-order valence-electron chi connectivity index (χ3n) is 5.68. The van der Waals surface area contributed by atoms with Crippen LogP contribution in [-0.4, -0.2) is 53.5 Å². The molecular formula is C22H22ClN3O2. The maximum absolute atomic E-state index is 13.0. The van der Waals surface area contributed by atoms with Gasteiger partial charge in [-0.3, -0.25) is 9.69 Å². The average molecular weight is 396 g/mol. The predicted molar refractivity (Wildman–Crippen MR) is 110 cm³/mol. The number of halogens is 1. The lowest BCUT2D eigenvalue weighted by Gasteiger charge is -2.34. The number of hydrogen-bond donors (Lipinski definition) is 1. The van der Waals surface area contributed by atoms with E-state index in [4.69, 9.17) is 16.3 Å². The Morgan fingerprint density at radius 2 is 1.93 bits per heavy atom. The molecule has 0 spiro atoms. The molecule has 3 aromatic rings. The molecule has 5 nitrogen and oxygen atoms in total. The van der Waals surface area contributed by atoms with E-state index in [-0.39, 0.29) is 5.91 Å². The number of aromatic nitrogens is 1. The van der Waals surface area contributed by atoms with Gasteiger partial charge in [0.05, 0.1) is 11.6 Å². The molecule has 1 amide bonds. The standard InChI is InChI=1S/C22H22ClN3O2/c23-20-17-3-1-2-4-18(17)24-21(20)22(27)26-10-8-25(9-11-26)14-15-5-6-19-16(13-15)7-12-28-19/h1-6,13,24H,7-12,14H2. The minimum absolute atomic E-state index is 0.0180. The summed E-state index contributed by atoms with van der Waals surface area (Å²) in [6.07, 6.45) is 0.997. The van der Waals surface area contributed by atoms with Gasteiger partial charge in [-0.1, -0.05) is 41.9 Å². The number of nitrogens with zero attached hydrogens (tertiary/aromatic N) is 2. The van der Waals surface area contributed by atoms with Crippen LogP contribution >= 0.6 is 11.6 Å². The third kappa shape index (κ3) is 3.15. The van der Waals surface area contributed by atoms with E-state index in [1.807, 2.05) is 29.2 Å². The number of carbonyl (C=O) groups is 1. The van der Waals surface area contributed by atoms with Crippen LogP contribution in [0.2, 0.25) is 5.02 Å². The van der Waals surface area contributed by atoms with E-state index in [0.717, 1.165) is 49.3 Å². The highest BCUT2D eigenvalue weighted by atomic mass is 35.5. The molecule has 0 radical (unpaired) electrons. The summed E-state index contributed by atoms with van der Waals surface area (Å²) >= 11 is 6.45. The summed E-state index contributed by atoms with van der Waals surface area (Å²) in [4.78, 5) is 20.4. The molecule has 28 heavy (non-hydrogen) atoms. The van der Waals surface area contributed by atoms with Crippen LogP contribution in [0.25, 0.3) is 10.9 Å². The number of rotatable bonds is 3. The Balaban J connectivity index is 1.24. The summed E-state index contributed by atoms with van der Waals surface area (Å²) in [5, 5.41) is 1.41. The van der Waals surface area contributed by atoms with Crippen LogP contribution in [0.4, 0.5) is 0 Å². The fourth-order valence-electron chi connectivity index (χ4n) is 4.12. The van der Waals surface area contributed by atoms with E-state index < -0.39 is 0 Å². The van der Waals surface area contributed by atoms with Crippen LogP contribution < -0.4 is 4.74 Å². The minimum Gasteiger partial charge on any atom is -0.493 e. The van der Waals surface area contributed by atoms with Gasteiger partial charge in [-0.15, -0.1) is 0 Å². The monoisotopic (exact) mass is 395 g/mol. The molecule has 3 heterocycles. The Kier molecular flexibility index (Phi) is 4.49.